The summed E-state index contributed by atoms with van der Waals surface area (Å²) in [6, 6.07) is 0.560. The van der Waals surface area contributed by atoms with E-state index in [4.69, 9.17) is 4.99 Å². The largest absolute Gasteiger partial charge is 0.291 e. The van der Waals surface area contributed by atoms with Crippen molar-refractivity contribution < 1.29 is 0 Å². The first kappa shape index (κ1) is 16.7. The van der Waals surface area contributed by atoms with Gasteiger partial charge in [-0.2, -0.15) is 0 Å². The molecule has 0 radical (unpaired) electrons. The van der Waals surface area contributed by atoms with Crippen LogP contribution in [-0.2, 0) is 0 Å². The summed E-state index contributed by atoms with van der Waals surface area (Å²) >= 11 is 0. The van der Waals surface area contributed by atoms with Crippen molar-refractivity contribution in [2.24, 2.45) is 10.4 Å². The zero-order chi connectivity index (χ0) is 13.3. The lowest BCUT2D eigenvalue weighted by Gasteiger charge is -2.17. The molecule has 0 amide bonds. The summed E-state index contributed by atoms with van der Waals surface area (Å²) in [5.41, 5.74) is 1.85. The molecule has 0 unspecified atom stereocenters. The fourth-order valence-electron chi connectivity index (χ4n) is 2.06. The molecule has 0 rings (SSSR count). The fourth-order valence-corrected chi connectivity index (χ4v) is 2.06. The van der Waals surface area contributed by atoms with E-state index in [1.807, 2.05) is 0 Å². The van der Waals surface area contributed by atoms with Gasteiger partial charge in [0.15, 0.2) is 0 Å². The topological polar surface area (TPSA) is 12.4 Å². The number of aliphatic imine (C=N–C) groups is 1. The minimum Gasteiger partial charge on any atom is -0.291 e. The van der Waals surface area contributed by atoms with Crippen molar-refractivity contribution in [3.05, 3.63) is 0 Å². The lowest BCUT2D eigenvalue weighted by Crippen LogP contribution is -2.05. The third kappa shape index (κ3) is 10.5. The molecular formula is C16H33N. The molecule has 0 aromatic rings. The molecule has 0 atom stereocenters. The molecule has 102 valence electrons. The summed E-state index contributed by atoms with van der Waals surface area (Å²) in [6.45, 7) is 13.6. The normalized spacial score (nSPS) is 13.5. The van der Waals surface area contributed by atoms with Crippen molar-refractivity contribution >= 4 is 5.71 Å². The highest BCUT2D eigenvalue weighted by molar-refractivity contribution is 5.81. The molecule has 0 saturated heterocycles. The maximum Gasteiger partial charge on any atom is 0.0493 e. The Hall–Kier alpha value is -0.330. The van der Waals surface area contributed by atoms with E-state index in [2.05, 4.69) is 41.5 Å². The minimum absolute atomic E-state index is 0.499. The smallest absolute Gasteiger partial charge is 0.0493 e. The summed E-state index contributed by atoms with van der Waals surface area (Å²) in [7, 11) is 0. The van der Waals surface area contributed by atoms with Crippen LogP contribution in [0.1, 0.15) is 86.5 Å². The van der Waals surface area contributed by atoms with Crippen LogP contribution in [0.2, 0.25) is 0 Å². The van der Waals surface area contributed by atoms with Gasteiger partial charge in [-0.25, -0.2) is 0 Å². The average molecular weight is 239 g/mol. The molecule has 0 N–H and O–H groups in total. The van der Waals surface area contributed by atoms with Crippen LogP contribution in [-0.4, -0.2) is 11.8 Å². The van der Waals surface area contributed by atoms with E-state index >= 15 is 0 Å². The summed E-state index contributed by atoms with van der Waals surface area (Å²) < 4.78 is 0. The Bertz CT molecular complexity index is 206. The summed E-state index contributed by atoms with van der Waals surface area (Å²) in [6.07, 6.45) is 8.92. The van der Waals surface area contributed by atoms with Gasteiger partial charge in [-0.3, -0.25) is 4.99 Å². The number of hydrogen-bond acceptors (Lipinski definition) is 1. The van der Waals surface area contributed by atoms with Gasteiger partial charge < -0.3 is 0 Å². The highest BCUT2D eigenvalue weighted by atomic mass is 14.8. The van der Waals surface area contributed by atoms with Crippen LogP contribution in [0.3, 0.4) is 0 Å². The molecule has 0 aromatic heterocycles. The molecule has 0 aliphatic rings. The van der Waals surface area contributed by atoms with Gasteiger partial charge in [0, 0.05) is 11.8 Å². The average Bonchev–Trinajstić information content (AvgIpc) is 2.23. The first-order valence-corrected chi connectivity index (χ1v) is 7.42. The van der Waals surface area contributed by atoms with Crippen molar-refractivity contribution in [3.63, 3.8) is 0 Å². The molecule has 0 spiro atoms. The molecule has 0 bridgehead atoms. The molecular weight excluding hydrogens is 206 g/mol. The van der Waals surface area contributed by atoms with Crippen molar-refractivity contribution in [2.45, 2.75) is 92.5 Å². The van der Waals surface area contributed by atoms with E-state index in [1.165, 1.54) is 50.7 Å². The van der Waals surface area contributed by atoms with E-state index in [1.54, 1.807) is 0 Å². The number of nitrogens with zero attached hydrogens (tertiary/aromatic N) is 1. The quantitative estimate of drug-likeness (QED) is 0.384. The summed E-state index contributed by atoms with van der Waals surface area (Å²) in [5, 5.41) is 0. The Morgan fingerprint density at radius 3 is 2.06 bits per heavy atom. The Kier molecular flexibility index (Phi) is 8.55. The van der Waals surface area contributed by atoms with Crippen molar-refractivity contribution in [3.8, 4) is 0 Å². The maximum atomic E-state index is 4.78. The highest BCUT2D eigenvalue weighted by Gasteiger charge is 2.08. The Morgan fingerprint density at radius 1 is 1.00 bits per heavy atom. The first-order valence-electron chi connectivity index (χ1n) is 7.42. The van der Waals surface area contributed by atoms with Crippen LogP contribution >= 0.6 is 0 Å². The van der Waals surface area contributed by atoms with Gasteiger partial charge in [0.2, 0.25) is 0 Å². The number of unbranched alkanes of at least 4 members (excludes halogenated alkanes) is 2. The zero-order valence-corrected chi connectivity index (χ0v) is 13.0. The zero-order valence-electron chi connectivity index (χ0n) is 13.0. The van der Waals surface area contributed by atoms with Crippen LogP contribution in [0.25, 0.3) is 0 Å². The maximum absolute atomic E-state index is 4.78. The molecule has 0 aliphatic carbocycles. The predicted octanol–water partition coefficient (Wildman–Crippen LogP) is 5.63. The number of hydrogen-bond donors (Lipinski definition) is 0. The monoisotopic (exact) mass is 239 g/mol. The molecule has 0 aliphatic heterocycles. The van der Waals surface area contributed by atoms with Gasteiger partial charge in [0.25, 0.3) is 0 Å². The fraction of sp³-hybridized carbons (Fsp3) is 0.938. The van der Waals surface area contributed by atoms with Gasteiger partial charge in [0.1, 0.15) is 0 Å². The molecule has 0 heterocycles. The molecule has 0 fully saturated rings. The molecule has 1 heteroatoms. The second-order valence-corrected chi connectivity index (χ2v) is 6.46. The Morgan fingerprint density at radius 2 is 1.59 bits per heavy atom. The van der Waals surface area contributed by atoms with E-state index in [0.29, 0.717) is 11.5 Å². The van der Waals surface area contributed by atoms with Gasteiger partial charge in [-0.05, 0) is 44.4 Å². The van der Waals surface area contributed by atoms with E-state index in [9.17, 15) is 0 Å². The summed E-state index contributed by atoms with van der Waals surface area (Å²) in [5.74, 6) is 0. The second-order valence-electron chi connectivity index (χ2n) is 6.46. The van der Waals surface area contributed by atoms with Crippen molar-refractivity contribution in [1.29, 1.82) is 0 Å². The third-order valence-corrected chi connectivity index (χ3v) is 3.31. The van der Waals surface area contributed by atoms with E-state index in [0.717, 1.165) is 0 Å². The Labute approximate surface area is 109 Å². The number of rotatable bonds is 8. The highest BCUT2D eigenvalue weighted by Crippen LogP contribution is 2.22. The van der Waals surface area contributed by atoms with Crippen molar-refractivity contribution in [2.75, 3.05) is 0 Å². The predicted molar refractivity (Wildman–Crippen MR) is 80.0 cm³/mol. The van der Waals surface area contributed by atoms with Gasteiger partial charge in [-0.1, -0.05) is 47.5 Å². The van der Waals surface area contributed by atoms with Crippen LogP contribution in [0, 0.1) is 5.41 Å². The first-order chi connectivity index (χ1) is 7.89. The molecule has 17 heavy (non-hydrogen) atoms. The van der Waals surface area contributed by atoms with Crippen LogP contribution < -0.4 is 0 Å². The van der Waals surface area contributed by atoms with E-state index < -0.39 is 0 Å². The SMILES string of the molecule is CCC(CC)N=C(C)CCCCCC(C)(C)C. The molecule has 1 nitrogen and oxygen atoms in total. The third-order valence-electron chi connectivity index (χ3n) is 3.31. The van der Waals surface area contributed by atoms with Crippen LogP contribution in [0.5, 0.6) is 0 Å². The standard InChI is InChI=1S/C16H33N/c1-7-15(8-2)17-14(3)12-10-9-11-13-16(4,5)6/h15H,7-13H2,1-6H3. The minimum atomic E-state index is 0.499. The second kappa shape index (κ2) is 8.72. The molecule has 0 aromatic carbocycles. The van der Waals surface area contributed by atoms with Gasteiger partial charge in [0.05, 0.1) is 0 Å². The Balaban J connectivity index is 3.67. The van der Waals surface area contributed by atoms with E-state index in [-0.39, 0.29) is 0 Å². The van der Waals surface area contributed by atoms with Crippen molar-refractivity contribution in [1.82, 2.24) is 0 Å². The van der Waals surface area contributed by atoms with Gasteiger partial charge >= 0.3 is 0 Å². The van der Waals surface area contributed by atoms with Crippen LogP contribution in [0.4, 0.5) is 0 Å². The van der Waals surface area contributed by atoms with Crippen LogP contribution in [0.15, 0.2) is 4.99 Å². The summed E-state index contributed by atoms with van der Waals surface area (Å²) in [4.78, 5) is 4.78. The molecule has 0 saturated carbocycles. The lowest BCUT2D eigenvalue weighted by molar-refractivity contribution is 0.358. The van der Waals surface area contributed by atoms with Gasteiger partial charge in [-0.15, -0.1) is 0 Å². The lowest BCUT2D eigenvalue weighted by atomic mass is 9.89.